The lowest BCUT2D eigenvalue weighted by Crippen LogP contribution is -2.30. The van der Waals surface area contributed by atoms with Gasteiger partial charge in [-0.25, -0.2) is 0 Å². The van der Waals surface area contributed by atoms with Gasteiger partial charge in [-0.15, -0.1) is 0 Å². The highest BCUT2D eigenvalue weighted by atomic mass is 16.1. The van der Waals surface area contributed by atoms with Gasteiger partial charge in [-0.3, -0.25) is 0 Å². The molecule has 0 fully saturated rings. The summed E-state index contributed by atoms with van der Waals surface area (Å²) in [6.07, 6.45) is 2.02. The van der Waals surface area contributed by atoms with E-state index in [2.05, 4.69) is 31.3 Å². The number of carbonyl (C=O) groups is 1. The monoisotopic (exact) mass is 189 g/mol. The van der Waals surface area contributed by atoms with Crippen molar-refractivity contribution in [3.8, 4) is 0 Å². The van der Waals surface area contributed by atoms with Crippen molar-refractivity contribution in [2.24, 2.45) is 0 Å². The van der Waals surface area contributed by atoms with Crippen molar-refractivity contribution < 1.29 is 4.79 Å². The standard InChI is InChI=1S/C12H15NO/c1-8-5-10-3-4-13-12(7-14)11(10)6-9(8)2/h5-7,12-13H,3-4H2,1-2H3. The van der Waals surface area contributed by atoms with Crippen molar-refractivity contribution >= 4 is 6.29 Å². The predicted octanol–water partition coefficient (Wildman–Crippen LogP) is 1.69. The number of aryl methyl sites for hydroxylation is 2. The summed E-state index contributed by atoms with van der Waals surface area (Å²) in [7, 11) is 0. The zero-order chi connectivity index (χ0) is 10.1. The first-order chi connectivity index (χ1) is 6.72. The van der Waals surface area contributed by atoms with Gasteiger partial charge in [-0.1, -0.05) is 12.1 Å². The van der Waals surface area contributed by atoms with E-state index >= 15 is 0 Å². The smallest absolute Gasteiger partial charge is 0.141 e. The molecule has 1 aliphatic heterocycles. The van der Waals surface area contributed by atoms with Crippen LogP contribution in [0.15, 0.2) is 12.1 Å². The molecule has 0 bridgehead atoms. The van der Waals surface area contributed by atoms with Gasteiger partial charge in [0.15, 0.2) is 0 Å². The molecule has 74 valence electrons. The highest BCUT2D eigenvalue weighted by Gasteiger charge is 2.19. The van der Waals surface area contributed by atoms with Crippen molar-refractivity contribution in [1.29, 1.82) is 0 Å². The van der Waals surface area contributed by atoms with Gasteiger partial charge in [0.1, 0.15) is 6.29 Å². The average molecular weight is 189 g/mol. The average Bonchev–Trinajstić information content (AvgIpc) is 2.19. The van der Waals surface area contributed by atoms with Crippen LogP contribution in [0.25, 0.3) is 0 Å². The molecule has 2 heteroatoms. The van der Waals surface area contributed by atoms with Gasteiger partial charge < -0.3 is 10.1 Å². The summed E-state index contributed by atoms with van der Waals surface area (Å²) in [6.45, 7) is 5.11. The highest BCUT2D eigenvalue weighted by Crippen LogP contribution is 2.24. The van der Waals surface area contributed by atoms with Crippen LogP contribution < -0.4 is 5.32 Å². The molecule has 1 aliphatic rings. The normalized spacial score (nSPS) is 20.3. The lowest BCUT2D eigenvalue weighted by Gasteiger charge is -2.24. The van der Waals surface area contributed by atoms with Crippen molar-refractivity contribution in [1.82, 2.24) is 5.32 Å². The number of carbonyl (C=O) groups excluding carboxylic acids is 1. The molecule has 1 unspecified atom stereocenters. The van der Waals surface area contributed by atoms with Crippen LogP contribution >= 0.6 is 0 Å². The first-order valence-electron chi connectivity index (χ1n) is 5.01. The van der Waals surface area contributed by atoms with Crippen molar-refractivity contribution in [2.45, 2.75) is 26.3 Å². The summed E-state index contributed by atoms with van der Waals surface area (Å²) in [5.74, 6) is 0. The lowest BCUT2D eigenvalue weighted by molar-refractivity contribution is -0.109. The van der Waals surface area contributed by atoms with E-state index in [1.54, 1.807) is 0 Å². The third-order valence-electron chi connectivity index (χ3n) is 2.99. The number of rotatable bonds is 1. The molecule has 1 N–H and O–H groups in total. The van der Waals surface area contributed by atoms with E-state index in [0.717, 1.165) is 24.8 Å². The molecule has 1 heterocycles. The van der Waals surface area contributed by atoms with Gasteiger partial charge in [0.25, 0.3) is 0 Å². The zero-order valence-electron chi connectivity index (χ0n) is 8.63. The van der Waals surface area contributed by atoms with Crippen molar-refractivity contribution in [3.63, 3.8) is 0 Å². The number of hydrogen-bond acceptors (Lipinski definition) is 2. The number of fused-ring (bicyclic) bond motifs is 1. The Labute approximate surface area is 84.3 Å². The third kappa shape index (κ3) is 1.46. The van der Waals surface area contributed by atoms with Crippen LogP contribution in [0.1, 0.15) is 28.3 Å². The Morgan fingerprint density at radius 1 is 1.36 bits per heavy atom. The summed E-state index contributed by atoms with van der Waals surface area (Å²) < 4.78 is 0. The number of aldehydes is 1. The Bertz CT molecular complexity index is 371. The second-order valence-corrected chi connectivity index (χ2v) is 3.95. The number of benzene rings is 1. The fourth-order valence-corrected chi connectivity index (χ4v) is 2.00. The van der Waals surface area contributed by atoms with Gasteiger partial charge in [0.05, 0.1) is 6.04 Å². The Kier molecular flexibility index (Phi) is 2.38. The van der Waals surface area contributed by atoms with E-state index in [-0.39, 0.29) is 6.04 Å². The summed E-state index contributed by atoms with van der Waals surface area (Å²) in [5, 5.41) is 3.20. The molecule has 0 aromatic heterocycles. The molecule has 1 atom stereocenters. The van der Waals surface area contributed by atoms with Crippen LogP contribution in [0.5, 0.6) is 0 Å². The molecule has 2 rings (SSSR count). The van der Waals surface area contributed by atoms with Crippen LogP contribution in [0.2, 0.25) is 0 Å². The summed E-state index contributed by atoms with van der Waals surface area (Å²) in [6, 6.07) is 4.25. The molecule has 0 saturated carbocycles. The molecular weight excluding hydrogens is 174 g/mol. The summed E-state index contributed by atoms with van der Waals surface area (Å²) >= 11 is 0. The second-order valence-electron chi connectivity index (χ2n) is 3.95. The Hall–Kier alpha value is -1.15. The minimum atomic E-state index is -0.0990. The van der Waals surface area contributed by atoms with Gasteiger partial charge in [0.2, 0.25) is 0 Å². The zero-order valence-corrected chi connectivity index (χ0v) is 8.63. The molecule has 2 nitrogen and oxygen atoms in total. The minimum absolute atomic E-state index is 0.0990. The molecule has 0 amide bonds. The van der Waals surface area contributed by atoms with Gasteiger partial charge in [0, 0.05) is 6.54 Å². The maximum atomic E-state index is 10.9. The molecular formula is C12H15NO. The fraction of sp³-hybridized carbons (Fsp3) is 0.417. The van der Waals surface area contributed by atoms with Crippen LogP contribution in [-0.4, -0.2) is 12.8 Å². The number of nitrogens with one attached hydrogen (secondary N) is 1. The molecule has 0 saturated heterocycles. The van der Waals surface area contributed by atoms with Crippen LogP contribution in [0, 0.1) is 13.8 Å². The summed E-state index contributed by atoms with van der Waals surface area (Å²) in [4.78, 5) is 10.9. The molecule has 0 spiro atoms. The van der Waals surface area contributed by atoms with E-state index in [1.165, 1.54) is 16.7 Å². The predicted molar refractivity (Wildman–Crippen MR) is 56.4 cm³/mol. The van der Waals surface area contributed by atoms with E-state index in [9.17, 15) is 4.79 Å². The van der Waals surface area contributed by atoms with Crippen LogP contribution in [0.4, 0.5) is 0 Å². The Morgan fingerprint density at radius 3 is 2.79 bits per heavy atom. The second kappa shape index (κ2) is 3.54. The van der Waals surface area contributed by atoms with Gasteiger partial charge in [-0.2, -0.15) is 0 Å². The highest BCUT2D eigenvalue weighted by molar-refractivity contribution is 5.64. The largest absolute Gasteiger partial charge is 0.304 e. The minimum Gasteiger partial charge on any atom is -0.304 e. The molecule has 1 aromatic rings. The first kappa shape index (κ1) is 9.41. The number of hydrogen-bond donors (Lipinski definition) is 1. The third-order valence-corrected chi connectivity index (χ3v) is 2.99. The first-order valence-corrected chi connectivity index (χ1v) is 5.01. The van der Waals surface area contributed by atoms with E-state index in [0.29, 0.717) is 0 Å². The Morgan fingerprint density at radius 2 is 2.07 bits per heavy atom. The SMILES string of the molecule is Cc1cc2c(cc1C)C(C=O)NCC2. The molecule has 1 aromatic carbocycles. The van der Waals surface area contributed by atoms with Crippen LogP contribution in [0.3, 0.4) is 0 Å². The van der Waals surface area contributed by atoms with Gasteiger partial charge in [-0.05, 0) is 42.5 Å². The lowest BCUT2D eigenvalue weighted by atomic mass is 9.91. The van der Waals surface area contributed by atoms with E-state index in [1.807, 2.05) is 0 Å². The van der Waals surface area contributed by atoms with E-state index in [4.69, 9.17) is 0 Å². The maximum Gasteiger partial charge on any atom is 0.141 e. The van der Waals surface area contributed by atoms with Gasteiger partial charge >= 0.3 is 0 Å². The van der Waals surface area contributed by atoms with Crippen molar-refractivity contribution in [2.75, 3.05) is 6.54 Å². The quantitative estimate of drug-likeness (QED) is 0.681. The molecule has 14 heavy (non-hydrogen) atoms. The molecule has 0 radical (unpaired) electrons. The molecule has 0 aliphatic carbocycles. The topological polar surface area (TPSA) is 29.1 Å². The maximum absolute atomic E-state index is 10.9. The van der Waals surface area contributed by atoms with Crippen LogP contribution in [-0.2, 0) is 11.2 Å². The Balaban J connectivity index is 2.52. The fourth-order valence-electron chi connectivity index (χ4n) is 2.00. The van der Waals surface area contributed by atoms with E-state index < -0.39 is 0 Å². The summed E-state index contributed by atoms with van der Waals surface area (Å²) in [5.41, 5.74) is 5.06. The van der Waals surface area contributed by atoms with Crippen molar-refractivity contribution in [3.05, 3.63) is 34.4 Å².